The lowest BCUT2D eigenvalue weighted by Gasteiger charge is -2.31. The molecule has 19 heavy (non-hydrogen) atoms. The van der Waals surface area contributed by atoms with Gasteiger partial charge in [-0.25, -0.2) is 4.39 Å². The van der Waals surface area contributed by atoms with Gasteiger partial charge in [-0.1, -0.05) is 6.92 Å². The fourth-order valence-electron chi connectivity index (χ4n) is 2.45. The van der Waals surface area contributed by atoms with Crippen LogP contribution in [0.15, 0.2) is 18.2 Å². The van der Waals surface area contributed by atoms with Crippen molar-refractivity contribution in [1.82, 2.24) is 10.2 Å². The largest absolute Gasteiger partial charge is 0.349 e. The average molecular weight is 264 g/mol. The van der Waals surface area contributed by atoms with E-state index >= 15 is 0 Å². The molecule has 0 radical (unpaired) electrons. The van der Waals surface area contributed by atoms with E-state index in [0.29, 0.717) is 11.1 Å². The molecule has 1 heterocycles. The van der Waals surface area contributed by atoms with E-state index in [4.69, 9.17) is 0 Å². The Bertz CT molecular complexity index is 453. The summed E-state index contributed by atoms with van der Waals surface area (Å²) in [6.07, 6.45) is 1.97. The van der Waals surface area contributed by atoms with Crippen LogP contribution in [-0.2, 0) is 0 Å². The number of piperidine rings is 1. The van der Waals surface area contributed by atoms with Crippen molar-refractivity contribution in [2.75, 3.05) is 19.6 Å². The van der Waals surface area contributed by atoms with Crippen molar-refractivity contribution >= 4 is 5.91 Å². The number of nitrogens with one attached hydrogen (secondary N) is 1. The number of amides is 1. The summed E-state index contributed by atoms with van der Waals surface area (Å²) in [7, 11) is 0. The molecule has 0 bridgehead atoms. The fourth-order valence-corrected chi connectivity index (χ4v) is 2.45. The second kappa shape index (κ2) is 6.15. The summed E-state index contributed by atoms with van der Waals surface area (Å²) in [5.74, 6) is -0.370. The molecule has 0 aromatic heterocycles. The van der Waals surface area contributed by atoms with Gasteiger partial charge < -0.3 is 10.2 Å². The Morgan fingerprint density at radius 3 is 2.68 bits per heavy atom. The van der Waals surface area contributed by atoms with E-state index in [2.05, 4.69) is 17.1 Å². The van der Waals surface area contributed by atoms with Crippen LogP contribution in [-0.4, -0.2) is 36.5 Å². The Balaban J connectivity index is 1.92. The number of likely N-dealkylation sites (tertiary alicyclic amines) is 1. The van der Waals surface area contributed by atoms with Gasteiger partial charge in [0.2, 0.25) is 0 Å². The predicted octanol–water partition coefficient (Wildman–Crippen LogP) is 2.35. The molecule has 1 aliphatic rings. The molecule has 1 aromatic carbocycles. The first-order valence-electron chi connectivity index (χ1n) is 6.89. The van der Waals surface area contributed by atoms with E-state index in [-0.39, 0.29) is 17.8 Å². The smallest absolute Gasteiger partial charge is 0.251 e. The molecule has 4 heteroatoms. The van der Waals surface area contributed by atoms with Crippen LogP contribution < -0.4 is 5.32 Å². The molecule has 1 aliphatic heterocycles. The second-order valence-electron chi connectivity index (χ2n) is 5.15. The summed E-state index contributed by atoms with van der Waals surface area (Å²) in [6, 6.07) is 4.73. The molecule has 1 aromatic rings. The number of hydrogen-bond donors (Lipinski definition) is 1. The standard InChI is InChI=1S/C15H21FN2O/c1-3-18-8-6-13(7-9-18)17-15(19)12-4-5-14(16)11(2)10-12/h4-5,10,13H,3,6-9H2,1-2H3,(H,17,19). The molecule has 1 saturated heterocycles. The Morgan fingerprint density at radius 1 is 1.42 bits per heavy atom. The summed E-state index contributed by atoms with van der Waals surface area (Å²) in [5.41, 5.74) is 1.05. The van der Waals surface area contributed by atoms with E-state index < -0.39 is 0 Å². The summed E-state index contributed by atoms with van der Waals surface area (Å²) in [5, 5.41) is 3.04. The normalized spacial score (nSPS) is 17.4. The molecule has 0 unspecified atom stereocenters. The third-order valence-electron chi connectivity index (χ3n) is 3.79. The number of halogens is 1. The zero-order valence-corrected chi connectivity index (χ0v) is 11.6. The predicted molar refractivity (Wildman–Crippen MR) is 73.7 cm³/mol. The summed E-state index contributed by atoms with van der Waals surface area (Å²) in [4.78, 5) is 14.5. The number of aryl methyl sites for hydroxylation is 1. The molecule has 0 aliphatic carbocycles. The van der Waals surface area contributed by atoms with Gasteiger partial charge in [0.15, 0.2) is 0 Å². The summed E-state index contributed by atoms with van der Waals surface area (Å²) < 4.78 is 13.2. The van der Waals surface area contributed by atoms with Crippen molar-refractivity contribution in [2.24, 2.45) is 0 Å². The minimum Gasteiger partial charge on any atom is -0.349 e. The maximum atomic E-state index is 13.2. The maximum absolute atomic E-state index is 13.2. The van der Waals surface area contributed by atoms with Gasteiger partial charge in [0.05, 0.1) is 0 Å². The van der Waals surface area contributed by atoms with Crippen LogP contribution in [0.1, 0.15) is 35.7 Å². The van der Waals surface area contributed by atoms with E-state index in [9.17, 15) is 9.18 Å². The first-order valence-corrected chi connectivity index (χ1v) is 6.89. The monoisotopic (exact) mass is 264 g/mol. The van der Waals surface area contributed by atoms with E-state index in [1.165, 1.54) is 6.07 Å². The van der Waals surface area contributed by atoms with Crippen molar-refractivity contribution in [3.05, 3.63) is 35.1 Å². The van der Waals surface area contributed by atoms with Crippen molar-refractivity contribution in [1.29, 1.82) is 0 Å². The van der Waals surface area contributed by atoms with Gasteiger partial charge in [0.1, 0.15) is 5.82 Å². The van der Waals surface area contributed by atoms with Gasteiger partial charge in [-0.3, -0.25) is 4.79 Å². The highest BCUT2D eigenvalue weighted by Crippen LogP contribution is 2.12. The minimum absolute atomic E-state index is 0.0990. The molecule has 2 rings (SSSR count). The molecular weight excluding hydrogens is 243 g/mol. The van der Waals surface area contributed by atoms with E-state index in [0.717, 1.165) is 32.5 Å². The highest BCUT2D eigenvalue weighted by atomic mass is 19.1. The molecule has 1 amide bonds. The van der Waals surface area contributed by atoms with Crippen LogP contribution in [0.5, 0.6) is 0 Å². The maximum Gasteiger partial charge on any atom is 0.251 e. The van der Waals surface area contributed by atoms with Crippen LogP contribution in [0.3, 0.4) is 0 Å². The molecule has 1 fully saturated rings. The average Bonchev–Trinajstić information content (AvgIpc) is 2.42. The van der Waals surface area contributed by atoms with E-state index in [1.54, 1.807) is 19.1 Å². The van der Waals surface area contributed by atoms with Gasteiger partial charge in [-0.2, -0.15) is 0 Å². The first kappa shape index (κ1) is 14.0. The van der Waals surface area contributed by atoms with Gasteiger partial charge in [0.25, 0.3) is 5.91 Å². The van der Waals surface area contributed by atoms with Crippen LogP contribution in [0.4, 0.5) is 4.39 Å². The zero-order chi connectivity index (χ0) is 13.8. The second-order valence-corrected chi connectivity index (χ2v) is 5.15. The van der Waals surface area contributed by atoms with Crippen molar-refractivity contribution in [3.8, 4) is 0 Å². The van der Waals surface area contributed by atoms with Crippen molar-refractivity contribution < 1.29 is 9.18 Å². The molecule has 0 spiro atoms. The fraction of sp³-hybridized carbons (Fsp3) is 0.533. The lowest BCUT2D eigenvalue weighted by atomic mass is 10.0. The molecular formula is C15H21FN2O. The van der Waals surface area contributed by atoms with E-state index in [1.807, 2.05) is 0 Å². The SMILES string of the molecule is CCN1CCC(NC(=O)c2ccc(F)c(C)c2)CC1. The number of hydrogen-bond acceptors (Lipinski definition) is 2. The number of carbonyl (C=O) groups excluding carboxylic acids is 1. The Hall–Kier alpha value is -1.42. The van der Waals surface area contributed by atoms with Crippen LogP contribution in [0.2, 0.25) is 0 Å². The molecule has 0 saturated carbocycles. The highest BCUT2D eigenvalue weighted by molar-refractivity contribution is 5.94. The molecule has 0 atom stereocenters. The summed E-state index contributed by atoms with van der Waals surface area (Å²) in [6.45, 7) is 6.96. The lowest BCUT2D eigenvalue weighted by molar-refractivity contribution is 0.0912. The van der Waals surface area contributed by atoms with Crippen LogP contribution in [0.25, 0.3) is 0 Å². The molecule has 1 N–H and O–H groups in total. The Morgan fingerprint density at radius 2 is 2.11 bits per heavy atom. The Labute approximate surface area is 113 Å². The third kappa shape index (κ3) is 3.53. The van der Waals surface area contributed by atoms with Crippen molar-refractivity contribution in [2.45, 2.75) is 32.7 Å². The lowest BCUT2D eigenvalue weighted by Crippen LogP contribution is -2.44. The van der Waals surface area contributed by atoms with Crippen LogP contribution in [0, 0.1) is 12.7 Å². The number of rotatable bonds is 3. The molecule has 104 valence electrons. The zero-order valence-electron chi connectivity index (χ0n) is 11.6. The quantitative estimate of drug-likeness (QED) is 0.909. The van der Waals surface area contributed by atoms with Crippen LogP contribution >= 0.6 is 0 Å². The number of carbonyl (C=O) groups is 1. The Kier molecular flexibility index (Phi) is 4.53. The number of nitrogens with zero attached hydrogens (tertiary/aromatic N) is 1. The minimum atomic E-state index is -0.271. The first-order chi connectivity index (χ1) is 9.10. The van der Waals surface area contributed by atoms with Gasteiger partial charge in [-0.15, -0.1) is 0 Å². The topological polar surface area (TPSA) is 32.3 Å². The van der Waals surface area contributed by atoms with Crippen molar-refractivity contribution in [3.63, 3.8) is 0 Å². The highest BCUT2D eigenvalue weighted by Gasteiger charge is 2.20. The van der Waals surface area contributed by atoms with Gasteiger partial charge >= 0.3 is 0 Å². The summed E-state index contributed by atoms with van der Waals surface area (Å²) >= 11 is 0. The molecule has 3 nitrogen and oxygen atoms in total. The number of benzene rings is 1. The third-order valence-corrected chi connectivity index (χ3v) is 3.79. The van der Waals surface area contributed by atoms with Gasteiger partial charge in [0, 0.05) is 24.7 Å². The van der Waals surface area contributed by atoms with Gasteiger partial charge in [-0.05, 0) is 50.1 Å².